The third kappa shape index (κ3) is 4.80. The molecule has 3 aromatic rings. The van der Waals surface area contributed by atoms with Gasteiger partial charge in [-0.15, -0.1) is 0 Å². The first-order valence-corrected chi connectivity index (χ1v) is 9.48. The van der Waals surface area contributed by atoms with Crippen molar-refractivity contribution in [3.63, 3.8) is 0 Å². The highest BCUT2D eigenvalue weighted by Crippen LogP contribution is 2.29. The van der Waals surface area contributed by atoms with Crippen molar-refractivity contribution in [2.75, 3.05) is 26.4 Å². The van der Waals surface area contributed by atoms with Gasteiger partial charge in [0.15, 0.2) is 5.78 Å². The number of hydrogen-bond acceptors (Lipinski definition) is 4. The van der Waals surface area contributed by atoms with Gasteiger partial charge in [0, 0.05) is 33.1 Å². The lowest BCUT2D eigenvalue weighted by atomic mass is 9.86. The van der Waals surface area contributed by atoms with Crippen LogP contribution in [0.3, 0.4) is 0 Å². The number of H-pyrrole nitrogens is 1. The van der Waals surface area contributed by atoms with Crippen LogP contribution in [-0.2, 0) is 4.74 Å². The number of nitrogens with one attached hydrogen (secondary N) is 1. The second-order valence-corrected chi connectivity index (χ2v) is 7.78. The number of rotatable bonds is 8. The molecule has 0 aliphatic carbocycles. The largest absolute Gasteiger partial charge is 0.491 e. The molecule has 0 saturated carbocycles. The average molecular weight is 381 g/mol. The van der Waals surface area contributed by atoms with Crippen LogP contribution in [0, 0.1) is 5.41 Å². The highest BCUT2D eigenvalue weighted by molar-refractivity contribution is 6.03. The number of Topliss-reactive ketones (excluding diaryl/α,β-unsaturated/α-hetero) is 1. The molecule has 1 aromatic heterocycles. The van der Waals surface area contributed by atoms with Gasteiger partial charge in [0.1, 0.15) is 12.4 Å². The molecule has 0 unspecified atom stereocenters. The van der Waals surface area contributed by atoms with E-state index in [1.165, 1.54) is 0 Å². The van der Waals surface area contributed by atoms with E-state index in [2.05, 4.69) is 11.1 Å². The quantitative estimate of drug-likeness (QED) is 0.447. The van der Waals surface area contributed by atoms with E-state index in [9.17, 15) is 4.79 Å². The van der Waals surface area contributed by atoms with Crippen molar-refractivity contribution in [2.24, 2.45) is 5.41 Å². The fourth-order valence-electron chi connectivity index (χ4n) is 3.00. The van der Waals surface area contributed by atoms with Gasteiger partial charge in [-0.1, -0.05) is 32.9 Å². The van der Waals surface area contributed by atoms with Gasteiger partial charge in [0.2, 0.25) is 0 Å². The molecule has 0 amide bonds. The van der Waals surface area contributed by atoms with Crippen molar-refractivity contribution in [3.8, 4) is 17.0 Å². The maximum Gasteiger partial charge on any atom is 0.168 e. The van der Waals surface area contributed by atoms with Gasteiger partial charge in [-0.05, 0) is 36.4 Å². The Morgan fingerprint density at radius 3 is 2.61 bits per heavy atom. The SMILES string of the molecule is CC(C)(C)C(=O)c1ccc2[nH]c(-c3cccc(OCCOCCO)c3)cc2c1. The van der Waals surface area contributed by atoms with Crippen LogP contribution in [0.15, 0.2) is 48.5 Å². The van der Waals surface area contributed by atoms with Gasteiger partial charge in [-0.3, -0.25) is 4.79 Å². The Morgan fingerprint density at radius 2 is 1.86 bits per heavy atom. The number of aliphatic hydroxyl groups is 1. The first kappa shape index (κ1) is 20.1. The van der Waals surface area contributed by atoms with E-state index in [1.807, 2.05) is 63.2 Å². The van der Waals surface area contributed by atoms with Crippen LogP contribution in [0.2, 0.25) is 0 Å². The zero-order valence-electron chi connectivity index (χ0n) is 16.6. The van der Waals surface area contributed by atoms with Crippen LogP contribution in [0.4, 0.5) is 0 Å². The van der Waals surface area contributed by atoms with Gasteiger partial charge < -0.3 is 19.6 Å². The maximum absolute atomic E-state index is 12.5. The normalized spacial score (nSPS) is 11.7. The van der Waals surface area contributed by atoms with E-state index in [-0.39, 0.29) is 12.4 Å². The summed E-state index contributed by atoms with van der Waals surface area (Å²) in [5, 5.41) is 9.71. The number of aromatic amines is 1. The van der Waals surface area contributed by atoms with Crippen molar-refractivity contribution < 1.29 is 19.4 Å². The lowest BCUT2D eigenvalue weighted by Gasteiger charge is -2.16. The highest BCUT2D eigenvalue weighted by Gasteiger charge is 2.23. The lowest BCUT2D eigenvalue weighted by Crippen LogP contribution is -2.19. The van der Waals surface area contributed by atoms with Crippen molar-refractivity contribution in [1.29, 1.82) is 0 Å². The Bertz CT molecular complexity index is 953. The molecule has 2 N–H and O–H groups in total. The van der Waals surface area contributed by atoms with Crippen LogP contribution in [-0.4, -0.2) is 42.3 Å². The minimum atomic E-state index is -0.403. The van der Waals surface area contributed by atoms with Crippen molar-refractivity contribution in [1.82, 2.24) is 4.98 Å². The molecular formula is C23H27NO4. The van der Waals surface area contributed by atoms with Gasteiger partial charge in [-0.2, -0.15) is 0 Å². The number of aliphatic hydroxyl groups excluding tert-OH is 1. The molecule has 0 saturated heterocycles. The zero-order valence-corrected chi connectivity index (χ0v) is 16.6. The minimum Gasteiger partial charge on any atom is -0.491 e. The lowest BCUT2D eigenvalue weighted by molar-refractivity contribution is 0.0705. The third-order valence-electron chi connectivity index (χ3n) is 4.44. The van der Waals surface area contributed by atoms with E-state index >= 15 is 0 Å². The second kappa shape index (κ2) is 8.59. The molecule has 0 fully saturated rings. The Hall–Kier alpha value is -2.63. The van der Waals surface area contributed by atoms with E-state index < -0.39 is 5.41 Å². The monoisotopic (exact) mass is 381 g/mol. The highest BCUT2D eigenvalue weighted by atomic mass is 16.5. The summed E-state index contributed by atoms with van der Waals surface area (Å²) in [5.41, 5.74) is 3.29. The molecule has 3 rings (SSSR count). The summed E-state index contributed by atoms with van der Waals surface area (Å²) in [6.07, 6.45) is 0. The predicted molar refractivity (Wildman–Crippen MR) is 111 cm³/mol. The zero-order chi connectivity index (χ0) is 20.1. The van der Waals surface area contributed by atoms with Crippen LogP contribution in [0.25, 0.3) is 22.2 Å². The molecule has 0 aliphatic rings. The number of benzene rings is 2. The van der Waals surface area contributed by atoms with Crippen LogP contribution in [0.1, 0.15) is 31.1 Å². The van der Waals surface area contributed by atoms with Crippen molar-refractivity contribution >= 4 is 16.7 Å². The number of carbonyl (C=O) groups excluding carboxylic acids is 1. The number of fused-ring (bicyclic) bond motifs is 1. The Kier molecular flexibility index (Phi) is 6.17. The molecule has 1 heterocycles. The molecule has 0 aliphatic heterocycles. The van der Waals surface area contributed by atoms with Gasteiger partial charge >= 0.3 is 0 Å². The average Bonchev–Trinajstić information content (AvgIpc) is 3.10. The van der Waals surface area contributed by atoms with Crippen LogP contribution in [0.5, 0.6) is 5.75 Å². The molecule has 2 aromatic carbocycles. The summed E-state index contributed by atoms with van der Waals surface area (Å²) in [4.78, 5) is 16.0. The smallest absolute Gasteiger partial charge is 0.168 e. The minimum absolute atomic E-state index is 0.0128. The summed E-state index contributed by atoms with van der Waals surface area (Å²) in [6, 6.07) is 15.7. The number of hydrogen-bond donors (Lipinski definition) is 2. The van der Waals surface area contributed by atoms with E-state index in [0.717, 1.165) is 33.5 Å². The second-order valence-electron chi connectivity index (χ2n) is 7.78. The fraction of sp³-hybridized carbons (Fsp3) is 0.348. The van der Waals surface area contributed by atoms with Crippen LogP contribution < -0.4 is 4.74 Å². The molecule has 0 radical (unpaired) electrons. The molecule has 5 nitrogen and oxygen atoms in total. The predicted octanol–water partition coefficient (Wildman–Crippen LogP) is 4.45. The topological polar surface area (TPSA) is 71.6 Å². The van der Waals surface area contributed by atoms with E-state index in [4.69, 9.17) is 14.6 Å². The molecule has 5 heteroatoms. The van der Waals surface area contributed by atoms with Gasteiger partial charge in [0.25, 0.3) is 0 Å². The summed E-state index contributed by atoms with van der Waals surface area (Å²) in [5.74, 6) is 0.892. The number of aromatic nitrogens is 1. The number of ether oxygens (including phenoxy) is 2. The van der Waals surface area contributed by atoms with Crippen molar-refractivity contribution in [2.45, 2.75) is 20.8 Å². The summed E-state index contributed by atoms with van der Waals surface area (Å²) < 4.78 is 10.9. The molecule has 0 spiro atoms. The molecule has 28 heavy (non-hydrogen) atoms. The first-order chi connectivity index (χ1) is 13.4. The molecule has 0 bridgehead atoms. The Balaban J connectivity index is 1.78. The third-order valence-corrected chi connectivity index (χ3v) is 4.44. The maximum atomic E-state index is 12.5. The summed E-state index contributed by atoms with van der Waals surface area (Å²) >= 11 is 0. The standard InChI is InChI=1S/C23H27NO4/c1-23(2,3)22(26)17-7-8-20-18(13-17)15-21(24-20)16-5-4-6-19(14-16)28-12-11-27-10-9-25/h4-8,13-15,24-25H,9-12H2,1-3H3. The van der Waals surface area contributed by atoms with Gasteiger partial charge in [-0.25, -0.2) is 0 Å². The number of ketones is 1. The summed E-state index contributed by atoms with van der Waals surface area (Å²) in [6.45, 7) is 6.99. The Morgan fingerprint density at radius 1 is 1.04 bits per heavy atom. The first-order valence-electron chi connectivity index (χ1n) is 9.48. The van der Waals surface area contributed by atoms with E-state index in [1.54, 1.807) is 0 Å². The number of carbonyl (C=O) groups is 1. The van der Waals surface area contributed by atoms with Gasteiger partial charge in [0.05, 0.1) is 19.8 Å². The molecular weight excluding hydrogens is 354 g/mol. The molecule has 148 valence electrons. The fourth-order valence-corrected chi connectivity index (χ4v) is 3.00. The van der Waals surface area contributed by atoms with Crippen LogP contribution >= 0.6 is 0 Å². The molecule has 0 atom stereocenters. The van der Waals surface area contributed by atoms with Crippen molar-refractivity contribution in [3.05, 3.63) is 54.1 Å². The van der Waals surface area contributed by atoms with E-state index in [0.29, 0.717) is 19.8 Å². The Labute approximate surface area is 165 Å². The summed E-state index contributed by atoms with van der Waals surface area (Å²) in [7, 11) is 0.